The molecule has 0 aromatic rings. The van der Waals surface area contributed by atoms with Crippen LogP contribution in [0.2, 0.25) is 0 Å². The first-order valence-electron chi connectivity index (χ1n) is 7.85. The fourth-order valence-electron chi connectivity index (χ4n) is 2.99. The third-order valence-corrected chi connectivity index (χ3v) is 4.29. The second kappa shape index (κ2) is 7.85. The molecular weight excluding hydrogens is 238 g/mol. The Kier molecular flexibility index (Phi) is 6.80. The Morgan fingerprint density at radius 1 is 1.32 bits per heavy atom. The molecule has 1 amide bonds. The SMILES string of the molecule is CCC1NC(C)N(C(C)CCCN(CC)CC)C1=O. The number of hydrogen-bond acceptors (Lipinski definition) is 3. The van der Waals surface area contributed by atoms with Crippen molar-refractivity contribution in [1.82, 2.24) is 15.1 Å². The van der Waals surface area contributed by atoms with E-state index >= 15 is 0 Å². The zero-order chi connectivity index (χ0) is 14.4. The molecule has 0 saturated carbocycles. The fourth-order valence-corrected chi connectivity index (χ4v) is 2.99. The van der Waals surface area contributed by atoms with Crippen LogP contribution in [0.5, 0.6) is 0 Å². The summed E-state index contributed by atoms with van der Waals surface area (Å²) in [5.41, 5.74) is 0. The molecule has 0 radical (unpaired) electrons. The molecule has 1 fully saturated rings. The first-order chi connectivity index (χ1) is 9.04. The first kappa shape index (κ1) is 16.4. The van der Waals surface area contributed by atoms with Gasteiger partial charge in [-0.25, -0.2) is 0 Å². The summed E-state index contributed by atoms with van der Waals surface area (Å²) in [5.74, 6) is 0.283. The maximum Gasteiger partial charge on any atom is 0.241 e. The molecule has 3 unspecified atom stereocenters. The quantitative estimate of drug-likeness (QED) is 0.732. The summed E-state index contributed by atoms with van der Waals surface area (Å²) < 4.78 is 0. The molecule has 0 aliphatic carbocycles. The minimum Gasteiger partial charge on any atom is -0.323 e. The number of hydrogen-bond donors (Lipinski definition) is 1. The number of carbonyl (C=O) groups excluding carboxylic acids is 1. The van der Waals surface area contributed by atoms with E-state index in [1.807, 2.05) is 4.90 Å². The Labute approximate surface area is 118 Å². The van der Waals surface area contributed by atoms with Crippen LogP contribution >= 0.6 is 0 Å². The molecule has 1 aliphatic heterocycles. The van der Waals surface area contributed by atoms with Crippen molar-refractivity contribution < 1.29 is 4.79 Å². The summed E-state index contributed by atoms with van der Waals surface area (Å²) in [6, 6.07) is 0.363. The van der Waals surface area contributed by atoms with E-state index in [1.165, 1.54) is 0 Å². The number of amides is 1. The summed E-state index contributed by atoms with van der Waals surface area (Å²) >= 11 is 0. The number of carbonyl (C=O) groups is 1. The molecule has 0 bridgehead atoms. The van der Waals surface area contributed by atoms with Gasteiger partial charge in [0.2, 0.25) is 5.91 Å². The molecule has 1 aliphatic rings. The molecule has 3 atom stereocenters. The van der Waals surface area contributed by atoms with Gasteiger partial charge in [0.05, 0.1) is 12.2 Å². The van der Waals surface area contributed by atoms with Gasteiger partial charge in [-0.05, 0) is 52.7 Å². The van der Waals surface area contributed by atoms with Crippen LogP contribution in [0.25, 0.3) is 0 Å². The van der Waals surface area contributed by atoms with Crippen molar-refractivity contribution in [1.29, 1.82) is 0 Å². The lowest BCUT2D eigenvalue weighted by Crippen LogP contribution is -2.41. The van der Waals surface area contributed by atoms with Gasteiger partial charge in [-0.2, -0.15) is 0 Å². The summed E-state index contributed by atoms with van der Waals surface area (Å²) in [4.78, 5) is 16.7. The Balaban J connectivity index is 2.41. The lowest BCUT2D eigenvalue weighted by Gasteiger charge is -2.29. The second-order valence-corrected chi connectivity index (χ2v) is 5.57. The Hall–Kier alpha value is -0.610. The van der Waals surface area contributed by atoms with E-state index in [2.05, 4.69) is 44.8 Å². The summed E-state index contributed by atoms with van der Waals surface area (Å²) in [5, 5.41) is 3.37. The van der Waals surface area contributed by atoms with Crippen molar-refractivity contribution in [2.75, 3.05) is 19.6 Å². The predicted molar refractivity (Wildman–Crippen MR) is 80.0 cm³/mol. The van der Waals surface area contributed by atoms with E-state index in [0.29, 0.717) is 6.04 Å². The molecule has 4 nitrogen and oxygen atoms in total. The van der Waals surface area contributed by atoms with E-state index in [0.717, 1.165) is 38.9 Å². The summed E-state index contributed by atoms with van der Waals surface area (Å²) in [6.45, 7) is 14.1. The monoisotopic (exact) mass is 269 g/mol. The van der Waals surface area contributed by atoms with Crippen molar-refractivity contribution in [2.24, 2.45) is 0 Å². The highest BCUT2D eigenvalue weighted by molar-refractivity contribution is 5.84. The average molecular weight is 269 g/mol. The molecule has 1 N–H and O–H groups in total. The van der Waals surface area contributed by atoms with Gasteiger partial charge in [-0.15, -0.1) is 0 Å². The van der Waals surface area contributed by atoms with Gasteiger partial charge in [0.1, 0.15) is 0 Å². The Bertz CT molecular complexity index is 279. The largest absolute Gasteiger partial charge is 0.323 e. The van der Waals surface area contributed by atoms with Gasteiger partial charge < -0.3 is 9.80 Å². The van der Waals surface area contributed by atoms with Crippen LogP contribution in [0.15, 0.2) is 0 Å². The minimum absolute atomic E-state index is 0.0280. The van der Waals surface area contributed by atoms with Gasteiger partial charge >= 0.3 is 0 Å². The molecule has 1 heterocycles. The van der Waals surface area contributed by atoms with Gasteiger partial charge in [-0.3, -0.25) is 10.1 Å². The Morgan fingerprint density at radius 2 is 1.95 bits per heavy atom. The highest BCUT2D eigenvalue weighted by Crippen LogP contribution is 2.19. The zero-order valence-corrected chi connectivity index (χ0v) is 13.3. The molecule has 0 aromatic carbocycles. The normalized spacial score (nSPS) is 25.4. The number of nitrogens with zero attached hydrogens (tertiary/aromatic N) is 2. The summed E-state index contributed by atoms with van der Waals surface area (Å²) in [6.07, 6.45) is 3.31. The average Bonchev–Trinajstić information content (AvgIpc) is 2.69. The second-order valence-electron chi connectivity index (χ2n) is 5.57. The maximum absolute atomic E-state index is 12.3. The first-order valence-corrected chi connectivity index (χ1v) is 7.85. The molecule has 1 rings (SSSR count). The van der Waals surface area contributed by atoms with E-state index in [-0.39, 0.29) is 18.1 Å². The van der Waals surface area contributed by atoms with Gasteiger partial charge in [-0.1, -0.05) is 20.8 Å². The minimum atomic E-state index is 0.0280. The van der Waals surface area contributed by atoms with Crippen LogP contribution in [0.1, 0.15) is 53.9 Å². The van der Waals surface area contributed by atoms with Crippen LogP contribution in [0, 0.1) is 0 Å². The highest BCUT2D eigenvalue weighted by atomic mass is 16.2. The lowest BCUT2D eigenvalue weighted by atomic mass is 10.1. The van der Waals surface area contributed by atoms with Crippen molar-refractivity contribution in [2.45, 2.75) is 72.1 Å². The van der Waals surface area contributed by atoms with Crippen molar-refractivity contribution >= 4 is 5.91 Å². The van der Waals surface area contributed by atoms with Gasteiger partial charge in [0.25, 0.3) is 0 Å². The van der Waals surface area contributed by atoms with E-state index < -0.39 is 0 Å². The van der Waals surface area contributed by atoms with E-state index in [1.54, 1.807) is 0 Å². The number of nitrogens with one attached hydrogen (secondary N) is 1. The van der Waals surface area contributed by atoms with Crippen molar-refractivity contribution in [3.05, 3.63) is 0 Å². The van der Waals surface area contributed by atoms with E-state index in [4.69, 9.17) is 0 Å². The number of rotatable bonds is 8. The molecule has 19 heavy (non-hydrogen) atoms. The predicted octanol–water partition coefficient (Wildman–Crippen LogP) is 2.05. The highest BCUT2D eigenvalue weighted by Gasteiger charge is 2.37. The molecule has 1 saturated heterocycles. The van der Waals surface area contributed by atoms with Crippen LogP contribution in [-0.4, -0.2) is 53.6 Å². The van der Waals surface area contributed by atoms with E-state index in [9.17, 15) is 4.79 Å². The zero-order valence-electron chi connectivity index (χ0n) is 13.3. The van der Waals surface area contributed by atoms with Crippen LogP contribution in [-0.2, 0) is 4.79 Å². The van der Waals surface area contributed by atoms with Crippen LogP contribution in [0.4, 0.5) is 0 Å². The molecular formula is C15H31N3O. The smallest absolute Gasteiger partial charge is 0.241 e. The van der Waals surface area contributed by atoms with Crippen molar-refractivity contribution in [3.8, 4) is 0 Å². The van der Waals surface area contributed by atoms with Crippen LogP contribution < -0.4 is 5.32 Å². The molecule has 112 valence electrons. The van der Waals surface area contributed by atoms with Gasteiger partial charge in [0, 0.05) is 6.04 Å². The molecule has 0 aromatic heterocycles. The lowest BCUT2D eigenvalue weighted by molar-refractivity contribution is -0.131. The summed E-state index contributed by atoms with van der Waals surface area (Å²) in [7, 11) is 0. The topological polar surface area (TPSA) is 35.6 Å². The Morgan fingerprint density at radius 3 is 2.42 bits per heavy atom. The third kappa shape index (κ3) is 4.18. The standard InChI is InChI=1S/C15H31N3O/c1-6-14-15(19)18(13(5)16-14)12(4)10-9-11-17(7-2)8-3/h12-14,16H,6-11H2,1-5H3. The molecule has 0 spiro atoms. The van der Waals surface area contributed by atoms with Crippen molar-refractivity contribution in [3.63, 3.8) is 0 Å². The fraction of sp³-hybridized carbons (Fsp3) is 0.933. The third-order valence-electron chi connectivity index (χ3n) is 4.29. The molecule has 4 heteroatoms. The van der Waals surface area contributed by atoms with Crippen LogP contribution in [0.3, 0.4) is 0 Å². The maximum atomic E-state index is 12.3. The van der Waals surface area contributed by atoms with Gasteiger partial charge in [0.15, 0.2) is 0 Å².